The van der Waals surface area contributed by atoms with Crippen molar-refractivity contribution in [2.45, 2.75) is 0 Å². The third kappa shape index (κ3) is 4.58. The Morgan fingerprint density at radius 2 is 2.05 bits per heavy atom. The van der Waals surface area contributed by atoms with Crippen LogP contribution in [0.4, 0.5) is 11.4 Å². The van der Waals surface area contributed by atoms with Gasteiger partial charge >= 0.3 is 0 Å². The number of anilines is 2. The van der Waals surface area contributed by atoms with Crippen molar-refractivity contribution in [2.24, 2.45) is 0 Å². The Balaban J connectivity index is 3.17. The van der Waals surface area contributed by atoms with E-state index >= 15 is 0 Å². The van der Waals surface area contributed by atoms with Gasteiger partial charge in [-0.15, -0.1) is 0 Å². The summed E-state index contributed by atoms with van der Waals surface area (Å²) in [6.07, 6.45) is 6.39. The highest BCUT2D eigenvalue weighted by Gasteiger charge is 2.10. The molecular formula is C14H22N2O2S. The van der Waals surface area contributed by atoms with Gasteiger partial charge in [-0.1, -0.05) is 5.92 Å². The van der Waals surface area contributed by atoms with Crippen LogP contribution in [0.15, 0.2) is 12.1 Å². The predicted molar refractivity (Wildman–Crippen MR) is 85.2 cm³/mol. The molecule has 0 spiro atoms. The summed E-state index contributed by atoms with van der Waals surface area (Å²) in [6.45, 7) is 0.451. The summed E-state index contributed by atoms with van der Waals surface area (Å²) in [7, 11) is 0.694. The standard InChI is InChI=1S/C14H22N2O2S/c1-18-12-6-5-11(7-10-19(2,3)4)13(15)14(12)16-8-9-17/h5-6,16-17H,8-9,15H2,1-4H3. The molecule has 0 heterocycles. The maximum atomic E-state index is 8.89. The SMILES string of the molecule is COc1ccc(C#CS(C)(C)C)c(N)c1NCCO. The molecule has 0 amide bonds. The van der Waals surface area contributed by atoms with Gasteiger partial charge in [-0.05, 0) is 36.2 Å². The van der Waals surface area contributed by atoms with Gasteiger partial charge in [-0.3, -0.25) is 0 Å². The minimum absolute atomic E-state index is 0.0324. The number of benzene rings is 1. The van der Waals surface area contributed by atoms with E-state index in [-0.39, 0.29) is 6.61 Å². The molecule has 0 atom stereocenters. The number of aliphatic hydroxyl groups excluding tert-OH is 1. The molecule has 0 fully saturated rings. The molecule has 4 N–H and O–H groups in total. The summed E-state index contributed by atoms with van der Waals surface area (Å²) < 4.78 is 5.26. The van der Waals surface area contributed by atoms with Gasteiger partial charge in [-0.25, -0.2) is 0 Å². The zero-order chi connectivity index (χ0) is 14.5. The van der Waals surface area contributed by atoms with Crippen molar-refractivity contribution in [1.82, 2.24) is 0 Å². The van der Waals surface area contributed by atoms with E-state index in [1.165, 1.54) is 0 Å². The molecule has 0 radical (unpaired) electrons. The van der Waals surface area contributed by atoms with Gasteiger partial charge in [0.15, 0.2) is 0 Å². The largest absolute Gasteiger partial charge is 0.495 e. The maximum Gasteiger partial charge on any atom is 0.144 e. The van der Waals surface area contributed by atoms with Crippen LogP contribution in [-0.2, 0) is 0 Å². The molecule has 0 aliphatic rings. The third-order valence-corrected chi connectivity index (χ3v) is 3.05. The van der Waals surface area contributed by atoms with Crippen LogP contribution in [0.5, 0.6) is 5.75 Å². The van der Waals surface area contributed by atoms with Crippen molar-refractivity contribution in [3.05, 3.63) is 17.7 Å². The lowest BCUT2D eigenvalue weighted by Gasteiger charge is -2.16. The second kappa shape index (κ2) is 6.60. The normalized spacial score (nSPS) is 11.4. The summed E-state index contributed by atoms with van der Waals surface area (Å²) in [6, 6.07) is 3.69. The average Bonchev–Trinajstić information content (AvgIpc) is 2.34. The quantitative estimate of drug-likeness (QED) is 0.581. The number of nitrogen functional groups attached to an aromatic ring is 1. The molecule has 0 bridgehead atoms. The zero-order valence-corrected chi connectivity index (χ0v) is 12.7. The average molecular weight is 282 g/mol. The van der Waals surface area contributed by atoms with Crippen molar-refractivity contribution < 1.29 is 9.84 Å². The second-order valence-corrected chi connectivity index (χ2v) is 8.70. The summed E-state index contributed by atoms with van der Waals surface area (Å²) in [4.78, 5) is 0. The van der Waals surface area contributed by atoms with Crippen LogP contribution in [-0.4, -0.2) is 44.1 Å². The molecule has 5 heteroatoms. The lowest BCUT2D eigenvalue weighted by molar-refractivity contribution is 0.311. The van der Waals surface area contributed by atoms with Crippen LogP contribution < -0.4 is 15.8 Å². The highest BCUT2D eigenvalue weighted by molar-refractivity contribution is 8.35. The Morgan fingerprint density at radius 3 is 2.58 bits per heavy atom. The van der Waals surface area contributed by atoms with Crippen molar-refractivity contribution in [3.63, 3.8) is 0 Å². The van der Waals surface area contributed by atoms with E-state index in [9.17, 15) is 0 Å². The van der Waals surface area contributed by atoms with Crippen LogP contribution in [0.3, 0.4) is 0 Å². The van der Waals surface area contributed by atoms with E-state index < -0.39 is 10.0 Å². The molecule has 1 aromatic carbocycles. The van der Waals surface area contributed by atoms with Crippen LogP contribution in [0.2, 0.25) is 0 Å². The van der Waals surface area contributed by atoms with Gasteiger partial charge in [0.2, 0.25) is 0 Å². The minimum Gasteiger partial charge on any atom is -0.495 e. The van der Waals surface area contributed by atoms with E-state index in [2.05, 4.69) is 35.3 Å². The van der Waals surface area contributed by atoms with Crippen molar-refractivity contribution in [3.8, 4) is 16.9 Å². The summed E-state index contributed by atoms with van der Waals surface area (Å²) in [5.41, 5.74) is 8.14. The predicted octanol–water partition coefficient (Wildman–Crippen LogP) is 1.68. The smallest absolute Gasteiger partial charge is 0.144 e. The number of methoxy groups -OCH3 is 1. The molecule has 0 aliphatic heterocycles. The fourth-order valence-corrected chi connectivity index (χ4v) is 1.87. The van der Waals surface area contributed by atoms with E-state index in [0.717, 1.165) is 5.56 Å². The van der Waals surface area contributed by atoms with Gasteiger partial charge in [0, 0.05) is 6.54 Å². The summed E-state index contributed by atoms with van der Waals surface area (Å²) >= 11 is 0. The second-order valence-electron chi connectivity index (χ2n) is 4.82. The Labute approximate surface area is 116 Å². The van der Waals surface area contributed by atoms with E-state index in [1.54, 1.807) is 7.11 Å². The molecule has 4 nitrogen and oxygen atoms in total. The van der Waals surface area contributed by atoms with Crippen molar-refractivity contribution >= 4 is 21.4 Å². The van der Waals surface area contributed by atoms with Gasteiger partial charge in [0.25, 0.3) is 0 Å². The van der Waals surface area contributed by atoms with Crippen LogP contribution in [0, 0.1) is 11.2 Å². The zero-order valence-electron chi connectivity index (χ0n) is 11.9. The maximum absolute atomic E-state index is 8.89. The molecule has 1 aromatic rings. The minimum atomic E-state index is -0.893. The lowest BCUT2D eigenvalue weighted by atomic mass is 10.1. The Morgan fingerprint density at radius 1 is 1.37 bits per heavy atom. The van der Waals surface area contributed by atoms with Gasteiger partial charge in [0.05, 0.1) is 25.0 Å². The fraction of sp³-hybridized carbons (Fsp3) is 0.429. The van der Waals surface area contributed by atoms with Crippen LogP contribution in [0.1, 0.15) is 5.56 Å². The van der Waals surface area contributed by atoms with E-state index in [0.29, 0.717) is 23.7 Å². The first-order valence-corrected chi connectivity index (χ1v) is 8.77. The lowest BCUT2D eigenvalue weighted by Crippen LogP contribution is -2.09. The highest BCUT2D eigenvalue weighted by atomic mass is 32.3. The number of hydrogen-bond acceptors (Lipinski definition) is 4. The number of rotatable bonds is 4. The van der Waals surface area contributed by atoms with Crippen LogP contribution >= 0.6 is 10.0 Å². The summed E-state index contributed by atoms with van der Waals surface area (Å²) in [5.74, 6) is 3.78. The number of nitrogens with two attached hydrogens (primary N) is 1. The van der Waals surface area contributed by atoms with E-state index in [1.807, 2.05) is 12.1 Å². The van der Waals surface area contributed by atoms with Gasteiger partial charge in [-0.2, -0.15) is 10.0 Å². The molecular weight excluding hydrogens is 260 g/mol. The molecule has 0 unspecified atom stereocenters. The highest BCUT2D eigenvalue weighted by Crippen LogP contribution is 2.35. The molecule has 0 saturated carbocycles. The molecule has 1 rings (SSSR count). The number of aliphatic hydroxyl groups is 1. The number of ether oxygens (including phenoxy) is 1. The third-order valence-electron chi connectivity index (χ3n) is 2.33. The topological polar surface area (TPSA) is 67.5 Å². The number of nitrogens with one attached hydrogen (secondary N) is 1. The van der Waals surface area contributed by atoms with Gasteiger partial charge in [0.1, 0.15) is 11.4 Å². The van der Waals surface area contributed by atoms with Crippen molar-refractivity contribution in [2.75, 3.05) is 50.1 Å². The molecule has 0 aromatic heterocycles. The summed E-state index contributed by atoms with van der Waals surface area (Å²) in [5, 5.41) is 15.2. The Bertz CT molecular complexity index is 499. The van der Waals surface area contributed by atoms with Gasteiger partial charge < -0.3 is 20.9 Å². The van der Waals surface area contributed by atoms with Crippen molar-refractivity contribution in [1.29, 1.82) is 0 Å². The molecule has 0 aliphatic carbocycles. The fourth-order valence-electron chi connectivity index (χ4n) is 1.45. The molecule has 0 saturated heterocycles. The van der Waals surface area contributed by atoms with E-state index in [4.69, 9.17) is 15.6 Å². The molecule has 106 valence electrons. The first-order valence-electron chi connectivity index (χ1n) is 5.91. The monoisotopic (exact) mass is 282 g/mol. The molecule has 19 heavy (non-hydrogen) atoms. The van der Waals surface area contributed by atoms with Crippen LogP contribution in [0.25, 0.3) is 0 Å². The first-order chi connectivity index (χ1) is 8.89. The first kappa shape index (κ1) is 15.5. The Hall–Kier alpha value is -1.51. The number of hydrogen-bond donors (Lipinski definition) is 3. The Kier molecular flexibility index (Phi) is 5.40.